The molecule has 0 heterocycles. The molecule has 6 nitrogen and oxygen atoms in total. The average molecular weight is 334 g/mol. The van der Waals surface area contributed by atoms with Crippen LogP contribution in [0.3, 0.4) is 0 Å². The maximum Gasteiger partial charge on any atom is 0.417 e. The molecule has 0 saturated heterocycles. The second-order valence-corrected chi connectivity index (χ2v) is 4.75. The van der Waals surface area contributed by atoms with Gasteiger partial charge in [0.05, 0.1) is 18.2 Å². The molecule has 1 aromatic carbocycles. The summed E-state index contributed by atoms with van der Waals surface area (Å²) in [5.41, 5.74) is -2.18. The van der Waals surface area contributed by atoms with Gasteiger partial charge in [-0.05, 0) is 18.6 Å². The number of carbonyl (C=O) groups is 2. The van der Waals surface area contributed by atoms with Crippen molar-refractivity contribution < 1.29 is 32.6 Å². The van der Waals surface area contributed by atoms with Crippen LogP contribution in [0.4, 0.5) is 18.0 Å². The molecular formula is C14H17F3N2O4. The number of hydrogen-bond acceptors (Lipinski definition) is 4. The molecule has 0 aliphatic carbocycles. The smallest absolute Gasteiger partial charge is 0.417 e. The first-order valence-corrected chi connectivity index (χ1v) is 6.66. The predicted molar refractivity (Wildman–Crippen MR) is 75.4 cm³/mol. The van der Waals surface area contributed by atoms with E-state index in [2.05, 4.69) is 4.74 Å². The Kier molecular flexibility index (Phi) is 5.83. The number of phenols is 1. The van der Waals surface area contributed by atoms with Crippen molar-refractivity contribution in [1.82, 2.24) is 10.2 Å². The van der Waals surface area contributed by atoms with Gasteiger partial charge in [-0.1, -0.05) is 6.92 Å². The third-order valence-corrected chi connectivity index (χ3v) is 3.00. The van der Waals surface area contributed by atoms with E-state index in [-0.39, 0.29) is 0 Å². The summed E-state index contributed by atoms with van der Waals surface area (Å²) in [7, 11) is 2.49. The van der Waals surface area contributed by atoms with E-state index in [1.807, 2.05) is 5.32 Å². The number of rotatable bonds is 4. The van der Waals surface area contributed by atoms with E-state index in [9.17, 15) is 27.9 Å². The van der Waals surface area contributed by atoms with E-state index in [0.29, 0.717) is 25.1 Å². The zero-order valence-electron chi connectivity index (χ0n) is 12.8. The van der Waals surface area contributed by atoms with Crippen LogP contribution in [-0.2, 0) is 6.18 Å². The van der Waals surface area contributed by atoms with Gasteiger partial charge in [-0.25, -0.2) is 4.79 Å². The van der Waals surface area contributed by atoms with Crippen molar-refractivity contribution in [1.29, 1.82) is 0 Å². The number of methoxy groups -OCH3 is 1. The monoisotopic (exact) mass is 334 g/mol. The van der Waals surface area contributed by atoms with Gasteiger partial charge in [0, 0.05) is 13.6 Å². The molecule has 0 spiro atoms. The first kappa shape index (κ1) is 18.6. The van der Waals surface area contributed by atoms with Gasteiger partial charge in [0.1, 0.15) is 0 Å². The van der Waals surface area contributed by atoms with E-state index in [1.54, 1.807) is 6.92 Å². The number of benzene rings is 1. The van der Waals surface area contributed by atoms with Crippen molar-refractivity contribution in [3.8, 4) is 11.5 Å². The fourth-order valence-electron chi connectivity index (χ4n) is 1.85. The summed E-state index contributed by atoms with van der Waals surface area (Å²) in [6.07, 6.45) is -4.23. The van der Waals surface area contributed by atoms with Gasteiger partial charge >= 0.3 is 12.2 Å². The lowest BCUT2D eigenvalue weighted by molar-refractivity contribution is -0.138. The molecule has 3 amide bonds. The summed E-state index contributed by atoms with van der Waals surface area (Å²) in [5.74, 6) is -2.33. The summed E-state index contributed by atoms with van der Waals surface area (Å²) in [6, 6.07) is 0.287. The number of urea groups is 1. The van der Waals surface area contributed by atoms with Gasteiger partial charge in [-0.15, -0.1) is 0 Å². The van der Waals surface area contributed by atoms with Gasteiger partial charge in [0.25, 0.3) is 5.91 Å². The normalized spacial score (nSPS) is 11.0. The number of ether oxygens (including phenoxy) is 1. The highest BCUT2D eigenvalue weighted by Gasteiger charge is 2.37. The average Bonchev–Trinajstić information content (AvgIpc) is 2.45. The predicted octanol–water partition coefficient (Wildman–Crippen LogP) is 2.61. The lowest BCUT2D eigenvalue weighted by Crippen LogP contribution is -2.41. The summed E-state index contributed by atoms with van der Waals surface area (Å²) in [4.78, 5) is 24.8. The maximum absolute atomic E-state index is 13.1. The number of alkyl halides is 3. The Morgan fingerprint density at radius 2 is 1.96 bits per heavy atom. The molecule has 0 bridgehead atoms. The van der Waals surface area contributed by atoms with Crippen molar-refractivity contribution >= 4 is 11.9 Å². The highest BCUT2D eigenvalue weighted by molar-refractivity contribution is 6.05. The van der Waals surface area contributed by atoms with E-state index in [0.717, 1.165) is 12.0 Å². The van der Waals surface area contributed by atoms with Crippen molar-refractivity contribution in [2.45, 2.75) is 19.5 Å². The number of imide groups is 1. The molecule has 0 saturated carbocycles. The molecule has 0 aliphatic rings. The lowest BCUT2D eigenvalue weighted by atomic mass is 10.0. The minimum Gasteiger partial charge on any atom is -0.504 e. The molecule has 0 unspecified atom stereocenters. The third kappa shape index (κ3) is 4.51. The first-order valence-electron chi connectivity index (χ1n) is 6.66. The van der Waals surface area contributed by atoms with Crippen LogP contribution in [0.1, 0.15) is 29.3 Å². The number of aromatic hydroxyl groups is 1. The molecule has 1 aromatic rings. The molecule has 0 aliphatic heterocycles. The van der Waals surface area contributed by atoms with E-state index in [4.69, 9.17) is 0 Å². The number of carbonyl (C=O) groups excluding carboxylic acids is 2. The Bertz CT molecular complexity index is 602. The lowest BCUT2D eigenvalue weighted by Gasteiger charge is -2.18. The molecule has 0 atom stereocenters. The second-order valence-electron chi connectivity index (χ2n) is 4.75. The standard InChI is InChI=1S/C14H17F3N2O4/c1-4-5-19(2)13(22)18-12(21)8-6-10(20)11(23-3)7-9(8)14(15,16)17/h6-7,20H,4-5H2,1-3H3,(H,18,21,22). The Morgan fingerprint density at radius 3 is 2.43 bits per heavy atom. The fourth-order valence-corrected chi connectivity index (χ4v) is 1.85. The largest absolute Gasteiger partial charge is 0.504 e. The van der Waals surface area contributed by atoms with Gasteiger partial charge < -0.3 is 14.7 Å². The number of phenolic OH excluding ortho intramolecular Hbond substituents is 1. The van der Waals surface area contributed by atoms with Crippen LogP contribution < -0.4 is 10.1 Å². The molecular weight excluding hydrogens is 317 g/mol. The number of nitrogens with one attached hydrogen (secondary N) is 1. The van der Waals surface area contributed by atoms with Crippen LogP contribution in [-0.4, -0.2) is 42.6 Å². The molecule has 0 aromatic heterocycles. The van der Waals surface area contributed by atoms with Crippen LogP contribution in [0, 0.1) is 0 Å². The maximum atomic E-state index is 13.1. The number of amides is 3. The van der Waals surface area contributed by atoms with Crippen molar-refractivity contribution in [2.75, 3.05) is 20.7 Å². The molecule has 0 radical (unpaired) electrons. The van der Waals surface area contributed by atoms with Crippen molar-refractivity contribution in [3.63, 3.8) is 0 Å². The first-order chi connectivity index (χ1) is 10.6. The molecule has 23 heavy (non-hydrogen) atoms. The van der Waals surface area contributed by atoms with Crippen LogP contribution in [0.15, 0.2) is 12.1 Å². The fraction of sp³-hybridized carbons (Fsp3) is 0.429. The number of halogens is 3. The zero-order chi connectivity index (χ0) is 17.8. The van der Waals surface area contributed by atoms with Gasteiger partial charge in [0.15, 0.2) is 11.5 Å². The summed E-state index contributed by atoms with van der Waals surface area (Å²) in [5, 5.41) is 11.4. The summed E-state index contributed by atoms with van der Waals surface area (Å²) in [6.45, 7) is 2.13. The van der Waals surface area contributed by atoms with Gasteiger partial charge in [-0.2, -0.15) is 13.2 Å². The Labute approximate surface area is 130 Å². The minimum atomic E-state index is -4.86. The Hall–Kier alpha value is -2.45. The quantitative estimate of drug-likeness (QED) is 0.887. The summed E-state index contributed by atoms with van der Waals surface area (Å²) < 4.78 is 43.8. The van der Waals surface area contributed by atoms with Crippen LogP contribution in [0.2, 0.25) is 0 Å². The topological polar surface area (TPSA) is 78.9 Å². The zero-order valence-corrected chi connectivity index (χ0v) is 12.8. The number of hydrogen-bond donors (Lipinski definition) is 2. The molecule has 9 heteroatoms. The highest BCUT2D eigenvalue weighted by Crippen LogP contribution is 2.38. The molecule has 0 fully saturated rings. The van der Waals surface area contributed by atoms with Crippen molar-refractivity contribution in [3.05, 3.63) is 23.3 Å². The Morgan fingerprint density at radius 1 is 1.35 bits per heavy atom. The van der Waals surface area contributed by atoms with Gasteiger partial charge in [0.2, 0.25) is 0 Å². The van der Waals surface area contributed by atoms with Crippen molar-refractivity contribution in [2.24, 2.45) is 0 Å². The van der Waals surface area contributed by atoms with Crippen LogP contribution >= 0.6 is 0 Å². The van der Waals surface area contributed by atoms with E-state index >= 15 is 0 Å². The number of nitrogens with zero attached hydrogens (tertiary/aromatic N) is 1. The van der Waals surface area contributed by atoms with Crippen LogP contribution in [0.25, 0.3) is 0 Å². The van der Waals surface area contributed by atoms with Crippen LogP contribution in [0.5, 0.6) is 11.5 Å². The minimum absolute atomic E-state index is 0.332. The highest BCUT2D eigenvalue weighted by atomic mass is 19.4. The van der Waals surface area contributed by atoms with E-state index < -0.39 is 40.7 Å². The third-order valence-electron chi connectivity index (χ3n) is 3.00. The Balaban J connectivity index is 3.18. The SMILES string of the molecule is CCCN(C)C(=O)NC(=O)c1cc(O)c(OC)cc1C(F)(F)F. The molecule has 128 valence electrons. The van der Waals surface area contributed by atoms with Gasteiger partial charge in [-0.3, -0.25) is 10.1 Å². The van der Waals surface area contributed by atoms with E-state index in [1.165, 1.54) is 7.05 Å². The second kappa shape index (κ2) is 7.21. The molecule has 2 N–H and O–H groups in total. The summed E-state index contributed by atoms with van der Waals surface area (Å²) >= 11 is 0. The molecule has 1 rings (SSSR count).